The maximum absolute atomic E-state index is 13.4. The number of sulfonamides is 1. The number of methoxy groups -OCH3 is 2. The summed E-state index contributed by atoms with van der Waals surface area (Å²) >= 11 is 0. The van der Waals surface area contributed by atoms with Crippen molar-refractivity contribution in [3.05, 3.63) is 23.3 Å². The summed E-state index contributed by atoms with van der Waals surface area (Å²) in [6.07, 6.45) is 5.26. The Morgan fingerprint density at radius 3 is 2.48 bits per heavy atom. The Kier molecular flexibility index (Phi) is 5.15. The van der Waals surface area contributed by atoms with E-state index in [1.165, 1.54) is 7.11 Å². The summed E-state index contributed by atoms with van der Waals surface area (Å²) in [6, 6.07) is 3.56. The molecule has 0 amide bonds. The van der Waals surface area contributed by atoms with Crippen molar-refractivity contribution >= 4 is 10.0 Å². The predicted molar refractivity (Wildman–Crippen MR) is 97.5 cm³/mol. The molecule has 3 rings (SSSR count). The van der Waals surface area contributed by atoms with Crippen LogP contribution in [-0.4, -0.2) is 46.1 Å². The average molecular weight is 368 g/mol. The van der Waals surface area contributed by atoms with Crippen LogP contribution in [0.3, 0.4) is 0 Å². The highest BCUT2D eigenvalue weighted by molar-refractivity contribution is 7.89. The third-order valence-electron chi connectivity index (χ3n) is 6.08. The Morgan fingerprint density at radius 2 is 1.80 bits per heavy atom. The third kappa shape index (κ3) is 3.20. The Labute approximate surface area is 151 Å². The number of rotatable bonds is 4. The second-order valence-corrected chi connectivity index (χ2v) is 9.41. The van der Waals surface area contributed by atoms with Gasteiger partial charge in [-0.1, -0.05) is 6.42 Å². The van der Waals surface area contributed by atoms with Crippen molar-refractivity contribution in [2.75, 3.05) is 27.3 Å². The molecule has 2 aliphatic rings. The number of hydrogen-bond donors (Lipinski definition) is 0. The van der Waals surface area contributed by atoms with Gasteiger partial charge in [0.15, 0.2) is 0 Å². The molecule has 0 N–H and O–H groups in total. The zero-order valence-electron chi connectivity index (χ0n) is 15.7. The normalized spacial score (nSPS) is 27.8. The lowest BCUT2D eigenvalue weighted by Gasteiger charge is -2.43. The topological polar surface area (TPSA) is 55.8 Å². The molecule has 0 aromatic heterocycles. The summed E-state index contributed by atoms with van der Waals surface area (Å²) in [7, 11) is -0.312. The van der Waals surface area contributed by atoms with Gasteiger partial charge < -0.3 is 9.47 Å². The van der Waals surface area contributed by atoms with Gasteiger partial charge in [-0.05, 0) is 62.8 Å². The van der Waals surface area contributed by atoms with E-state index in [0.717, 1.165) is 43.2 Å². The van der Waals surface area contributed by atoms with Crippen LogP contribution in [0.1, 0.15) is 43.2 Å². The minimum Gasteiger partial charge on any atom is -0.495 e. The lowest BCUT2D eigenvalue weighted by atomic mass is 9.77. The fourth-order valence-corrected chi connectivity index (χ4v) is 6.32. The molecule has 2 atom stereocenters. The molecule has 0 bridgehead atoms. The van der Waals surface area contributed by atoms with E-state index in [4.69, 9.17) is 9.47 Å². The first-order valence-electron chi connectivity index (χ1n) is 9.02. The van der Waals surface area contributed by atoms with Crippen LogP contribution in [0.15, 0.2) is 17.0 Å². The molecule has 25 heavy (non-hydrogen) atoms. The first-order chi connectivity index (χ1) is 11.8. The van der Waals surface area contributed by atoms with Crippen LogP contribution in [0, 0.1) is 19.3 Å². The van der Waals surface area contributed by atoms with Crippen molar-refractivity contribution in [2.45, 2.75) is 57.0 Å². The third-order valence-corrected chi connectivity index (χ3v) is 7.95. The second-order valence-electron chi connectivity index (χ2n) is 7.51. The van der Waals surface area contributed by atoms with Gasteiger partial charge in [-0.3, -0.25) is 0 Å². The molecule has 1 aliphatic carbocycles. The molecule has 1 heterocycles. The number of nitrogens with zero attached hydrogens (tertiary/aromatic N) is 1. The molecule has 5 nitrogen and oxygen atoms in total. The zero-order chi connectivity index (χ0) is 18.2. The Morgan fingerprint density at radius 1 is 1.12 bits per heavy atom. The fraction of sp³-hybridized carbons (Fsp3) is 0.684. The number of aryl methyl sites for hydroxylation is 2. The molecule has 2 fully saturated rings. The highest BCUT2D eigenvalue weighted by Crippen LogP contribution is 2.47. The molecule has 1 saturated carbocycles. The van der Waals surface area contributed by atoms with Crippen molar-refractivity contribution in [2.24, 2.45) is 5.41 Å². The van der Waals surface area contributed by atoms with E-state index in [1.54, 1.807) is 17.5 Å². The Hall–Kier alpha value is -1.11. The highest BCUT2D eigenvalue weighted by atomic mass is 32.2. The molecule has 6 heteroatoms. The molecule has 1 aliphatic heterocycles. The molecule has 1 aromatic rings. The van der Waals surface area contributed by atoms with Crippen LogP contribution in [0.4, 0.5) is 0 Å². The van der Waals surface area contributed by atoms with E-state index in [9.17, 15) is 8.42 Å². The van der Waals surface area contributed by atoms with Crippen LogP contribution >= 0.6 is 0 Å². The van der Waals surface area contributed by atoms with Crippen molar-refractivity contribution in [3.63, 3.8) is 0 Å². The number of piperidine rings is 1. The molecule has 1 spiro atoms. The minimum absolute atomic E-state index is 0.0347. The quantitative estimate of drug-likeness (QED) is 0.819. The maximum atomic E-state index is 13.4. The van der Waals surface area contributed by atoms with Crippen molar-refractivity contribution < 1.29 is 17.9 Å². The molecule has 0 unspecified atom stereocenters. The highest BCUT2D eigenvalue weighted by Gasteiger charge is 2.48. The fourth-order valence-electron chi connectivity index (χ4n) is 4.53. The summed E-state index contributed by atoms with van der Waals surface area (Å²) in [4.78, 5) is 0.280. The number of benzene rings is 1. The van der Waals surface area contributed by atoms with Crippen molar-refractivity contribution in [1.29, 1.82) is 0 Å². The van der Waals surface area contributed by atoms with E-state index in [-0.39, 0.29) is 16.4 Å². The van der Waals surface area contributed by atoms with Crippen molar-refractivity contribution in [3.8, 4) is 5.75 Å². The average Bonchev–Trinajstić information content (AvgIpc) is 2.98. The predicted octanol–water partition coefficient (Wildman–Crippen LogP) is 3.28. The van der Waals surface area contributed by atoms with Gasteiger partial charge in [0.25, 0.3) is 0 Å². The SMILES string of the molecule is COc1cc(C)c(C)cc1S(=O)(=O)N1CCC[C@]2(CCC[C@H]2OC)C1. The smallest absolute Gasteiger partial charge is 0.246 e. The summed E-state index contributed by atoms with van der Waals surface area (Å²) in [5.74, 6) is 0.428. The summed E-state index contributed by atoms with van der Waals surface area (Å²) in [5.41, 5.74) is 1.95. The lowest BCUT2D eigenvalue weighted by molar-refractivity contribution is -0.0185. The van der Waals surface area contributed by atoms with E-state index < -0.39 is 10.0 Å². The van der Waals surface area contributed by atoms with Gasteiger partial charge in [0.05, 0.1) is 13.2 Å². The summed E-state index contributed by atoms with van der Waals surface area (Å²) < 4.78 is 39.5. The van der Waals surface area contributed by atoms with E-state index in [2.05, 4.69) is 0 Å². The number of ether oxygens (including phenoxy) is 2. The van der Waals surface area contributed by atoms with Crippen LogP contribution in [0.25, 0.3) is 0 Å². The number of hydrogen-bond acceptors (Lipinski definition) is 4. The van der Waals surface area contributed by atoms with Gasteiger partial charge in [-0.25, -0.2) is 8.42 Å². The largest absolute Gasteiger partial charge is 0.495 e. The molecule has 1 aromatic carbocycles. The molecule has 0 radical (unpaired) electrons. The summed E-state index contributed by atoms with van der Waals surface area (Å²) in [6.45, 7) is 5.01. The standard InChI is InChI=1S/C19H29NO4S/c1-14-11-16(23-3)17(12-15(14)2)25(21,22)20-10-6-9-19(13-20)8-5-7-18(19)24-4/h11-12,18H,5-10,13H2,1-4H3/t18-,19-/m1/s1. The van der Waals surface area contributed by atoms with E-state index in [1.807, 2.05) is 19.9 Å². The van der Waals surface area contributed by atoms with Crippen LogP contribution in [0.2, 0.25) is 0 Å². The van der Waals surface area contributed by atoms with Gasteiger partial charge in [-0.15, -0.1) is 0 Å². The second kappa shape index (κ2) is 6.89. The van der Waals surface area contributed by atoms with Crippen LogP contribution < -0.4 is 4.74 Å². The monoisotopic (exact) mass is 367 g/mol. The first-order valence-corrected chi connectivity index (χ1v) is 10.5. The first kappa shape index (κ1) is 18.7. The van der Waals surface area contributed by atoms with Gasteiger partial charge in [0.1, 0.15) is 10.6 Å². The van der Waals surface area contributed by atoms with Gasteiger partial charge in [0, 0.05) is 25.6 Å². The van der Waals surface area contributed by atoms with Gasteiger partial charge >= 0.3 is 0 Å². The van der Waals surface area contributed by atoms with Crippen LogP contribution in [0.5, 0.6) is 5.75 Å². The molecule has 1 saturated heterocycles. The summed E-state index contributed by atoms with van der Waals surface area (Å²) in [5, 5.41) is 0. The Balaban J connectivity index is 1.96. The maximum Gasteiger partial charge on any atom is 0.246 e. The Bertz CT molecular complexity index is 746. The van der Waals surface area contributed by atoms with Gasteiger partial charge in [0.2, 0.25) is 10.0 Å². The van der Waals surface area contributed by atoms with Gasteiger partial charge in [-0.2, -0.15) is 4.31 Å². The zero-order valence-corrected chi connectivity index (χ0v) is 16.5. The van der Waals surface area contributed by atoms with E-state index in [0.29, 0.717) is 18.8 Å². The molecular weight excluding hydrogens is 338 g/mol. The van der Waals surface area contributed by atoms with Crippen LogP contribution in [-0.2, 0) is 14.8 Å². The lowest BCUT2D eigenvalue weighted by Crippen LogP contribution is -2.49. The molecular formula is C19H29NO4S. The van der Waals surface area contributed by atoms with E-state index >= 15 is 0 Å². The minimum atomic E-state index is -3.59. The molecule has 140 valence electrons. The van der Waals surface area contributed by atoms with Crippen molar-refractivity contribution in [1.82, 2.24) is 4.31 Å².